The van der Waals surface area contributed by atoms with E-state index in [0.717, 1.165) is 55.5 Å². The predicted octanol–water partition coefficient (Wildman–Crippen LogP) is 5.28. The van der Waals surface area contributed by atoms with Gasteiger partial charge in [-0.15, -0.1) is 0 Å². The van der Waals surface area contributed by atoms with Gasteiger partial charge in [-0.3, -0.25) is 4.79 Å². The smallest absolute Gasteiger partial charge is 0.306 e. The first kappa shape index (κ1) is 25.4. The predicted molar refractivity (Wildman–Crippen MR) is 133 cm³/mol. The summed E-state index contributed by atoms with van der Waals surface area (Å²) in [5.41, 5.74) is 0. The summed E-state index contributed by atoms with van der Waals surface area (Å²) in [5.74, 6) is 2.22. The Labute approximate surface area is 202 Å². The molecule has 0 aromatic heterocycles. The van der Waals surface area contributed by atoms with Crippen LogP contribution in [0.5, 0.6) is 0 Å². The van der Waals surface area contributed by atoms with Crippen molar-refractivity contribution in [2.45, 2.75) is 114 Å². The van der Waals surface area contributed by atoms with Gasteiger partial charge in [-0.25, -0.2) is 0 Å². The van der Waals surface area contributed by atoms with Gasteiger partial charge >= 0.3 is 5.97 Å². The number of aliphatic carboxylic acids is 1. The molecule has 4 aliphatic rings. The molecule has 2 unspecified atom stereocenters. The van der Waals surface area contributed by atoms with Crippen molar-refractivity contribution in [3.63, 3.8) is 0 Å². The third-order valence-electron chi connectivity index (χ3n) is 10.2. The molecule has 33 heavy (non-hydrogen) atoms. The van der Waals surface area contributed by atoms with Gasteiger partial charge in [0, 0.05) is 12.1 Å². The van der Waals surface area contributed by atoms with E-state index in [4.69, 9.17) is 4.74 Å². The molecule has 190 valence electrons. The molecular weight excluding hydrogens is 412 g/mol. The minimum Gasteiger partial charge on any atom is -0.481 e. The molecule has 1 heterocycles. The van der Waals surface area contributed by atoms with Gasteiger partial charge in [-0.1, -0.05) is 0 Å². The highest BCUT2D eigenvalue weighted by atomic mass is 16.5. The van der Waals surface area contributed by atoms with Crippen LogP contribution >= 0.6 is 0 Å². The van der Waals surface area contributed by atoms with Gasteiger partial charge in [-0.05, 0) is 142 Å². The van der Waals surface area contributed by atoms with Crippen LogP contribution in [0.15, 0.2) is 0 Å². The van der Waals surface area contributed by atoms with Crippen LogP contribution in [0, 0.1) is 29.6 Å². The average molecular weight is 463 g/mol. The number of nitrogens with zero attached hydrogens (tertiary/aromatic N) is 2. The molecule has 4 fully saturated rings. The zero-order valence-electron chi connectivity index (χ0n) is 21.8. The van der Waals surface area contributed by atoms with E-state index in [1.54, 1.807) is 0 Å². The van der Waals surface area contributed by atoms with Crippen LogP contribution in [-0.4, -0.2) is 73.4 Å². The average Bonchev–Trinajstić information content (AvgIpc) is 2.84. The van der Waals surface area contributed by atoms with Crippen molar-refractivity contribution >= 4 is 5.97 Å². The highest BCUT2D eigenvalue weighted by molar-refractivity contribution is 5.69. The van der Waals surface area contributed by atoms with Crippen molar-refractivity contribution in [2.24, 2.45) is 29.6 Å². The minimum atomic E-state index is -0.577. The summed E-state index contributed by atoms with van der Waals surface area (Å²) in [5, 5.41) is 9.45. The molecule has 3 aliphatic carbocycles. The van der Waals surface area contributed by atoms with Gasteiger partial charge < -0.3 is 19.6 Å². The lowest BCUT2D eigenvalue weighted by atomic mass is 9.67. The summed E-state index contributed by atoms with van der Waals surface area (Å²) in [6, 6.07) is 1.48. The van der Waals surface area contributed by atoms with Crippen LogP contribution in [0.1, 0.15) is 89.9 Å². The zero-order valence-corrected chi connectivity index (χ0v) is 21.8. The van der Waals surface area contributed by atoms with Crippen molar-refractivity contribution in [3.8, 4) is 0 Å². The fourth-order valence-electron chi connectivity index (χ4n) is 7.84. The Morgan fingerprint density at radius 1 is 0.606 bits per heavy atom. The number of carbonyl (C=O) groups is 1. The molecule has 0 radical (unpaired) electrons. The lowest BCUT2D eigenvalue weighted by Crippen LogP contribution is -2.46. The lowest BCUT2D eigenvalue weighted by molar-refractivity contribution is -0.147. The molecule has 1 aliphatic heterocycles. The maximum absolute atomic E-state index is 11.5. The zero-order chi connectivity index (χ0) is 23.5. The van der Waals surface area contributed by atoms with E-state index < -0.39 is 5.97 Å². The summed E-state index contributed by atoms with van der Waals surface area (Å²) in [7, 11) is 8.91. The molecule has 0 aromatic rings. The van der Waals surface area contributed by atoms with E-state index in [1.807, 2.05) is 0 Å². The standard InChI is InChI=1S/C28H50N2O3/c1-29(2)24-13-9-20(10-14-24)26-17-23(19-5-7-22(8-6-19)28(31)32)18-27(33-26)21-11-15-25(16-12-21)30(3)4/h19-27H,5-18H2,1-4H3,(H,31,32). The first-order chi connectivity index (χ1) is 15.8. The normalized spacial score (nSPS) is 43.0. The molecule has 0 amide bonds. The van der Waals surface area contributed by atoms with Crippen LogP contribution in [0.3, 0.4) is 0 Å². The third-order valence-corrected chi connectivity index (χ3v) is 10.2. The van der Waals surface area contributed by atoms with Gasteiger partial charge in [0.1, 0.15) is 0 Å². The van der Waals surface area contributed by atoms with Gasteiger partial charge in [0.05, 0.1) is 18.1 Å². The third kappa shape index (κ3) is 6.32. The van der Waals surface area contributed by atoms with Gasteiger partial charge in [-0.2, -0.15) is 0 Å². The van der Waals surface area contributed by atoms with Gasteiger partial charge in [0.25, 0.3) is 0 Å². The Hall–Kier alpha value is -0.650. The molecule has 0 bridgehead atoms. The fraction of sp³-hybridized carbons (Fsp3) is 0.964. The highest BCUT2D eigenvalue weighted by Gasteiger charge is 2.43. The number of hydrogen-bond acceptors (Lipinski definition) is 4. The molecule has 4 rings (SSSR count). The molecule has 1 saturated heterocycles. The van der Waals surface area contributed by atoms with Crippen LogP contribution in [-0.2, 0) is 9.53 Å². The minimum absolute atomic E-state index is 0.102. The van der Waals surface area contributed by atoms with Crippen LogP contribution in [0.25, 0.3) is 0 Å². The number of carboxylic acid groups (broad SMARTS) is 1. The molecule has 0 aromatic carbocycles. The second kappa shape index (κ2) is 11.4. The molecule has 0 spiro atoms. The molecule has 5 heteroatoms. The van der Waals surface area contributed by atoms with E-state index in [2.05, 4.69) is 38.0 Å². The van der Waals surface area contributed by atoms with Crippen molar-refractivity contribution in [3.05, 3.63) is 0 Å². The fourth-order valence-corrected chi connectivity index (χ4v) is 7.84. The SMILES string of the molecule is CN(C)C1CCC(C2CC(C3CCC(C(=O)O)CC3)CC(C3CCC(N(C)C)CC3)O2)CC1. The largest absolute Gasteiger partial charge is 0.481 e. The Morgan fingerprint density at radius 3 is 1.36 bits per heavy atom. The maximum Gasteiger partial charge on any atom is 0.306 e. The summed E-state index contributed by atoms with van der Waals surface area (Å²) in [6.45, 7) is 0. The Balaban J connectivity index is 1.40. The quantitative estimate of drug-likeness (QED) is 0.582. The first-order valence-electron chi connectivity index (χ1n) is 14.0. The monoisotopic (exact) mass is 462 g/mol. The molecular formula is C28H50N2O3. The maximum atomic E-state index is 11.5. The molecule has 1 N–H and O–H groups in total. The number of hydrogen-bond donors (Lipinski definition) is 1. The molecule has 2 atom stereocenters. The van der Waals surface area contributed by atoms with E-state index >= 15 is 0 Å². The van der Waals surface area contributed by atoms with Crippen molar-refractivity contribution in [1.82, 2.24) is 9.80 Å². The summed E-state index contributed by atoms with van der Waals surface area (Å²) < 4.78 is 7.02. The van der Waals surface area contributed by atoms with Crippen molar-refractivity contribution in [1.29, 1.82) is 0 Å². The van der Waals surface area contributed by atoms with Crippen molar-refractivity contribution < 1.29 is 14.6 Å². The highest BCUT2D eigenvalue weighted by Crippen LogP contribution is 2.46. The van der Waals surface area contributed by atoms with E-state index in [0.29, 0.717) is 18.1 Å². The Kier molecular flexibility index (Phi) is 8.78. The lowest BCUT2D eigenvalue weighted by Gasteiger charge is -2.48. The second-order valence-electron chi connectivity index (χ2n) is 12.5. The number of ether oxygens (including phenoxy) is 1. The van der Waals surface area contributed by atoms with Crippen LogP contribution < -0.4 is 0 Å². The summed E-state index contributed by atoms with van der Waals surface area (Å²) in [4.78, 5) is 16.3. The first-order valence-corrected chi connectivity index (χ1v) is 14.0. The summed E-state index contributed by atoms with van der Waals surface area (Å²) in [6.07, 6.45) is 17.8. The van der Waals surface area contributed by atoms with Crippen molar-refractivity contribution in [2.75, 3.05) is 28.2 Å². The Bertz CT molecular complexity index is 579. The Morgan fingerprint density at radius 2 is 1.00 bits per heavy atom. The van der Waals surface area contributed by atoms with Crippen LogP contribution in [0.2, 0.25) is 0 Å². The van der Waals surface area contributed by atoms with Gasteiger partial charge in [0.2, 0.25) is 0 Å². The number of rotatable bonds is 6. The topological polar surface area (TPSA) is 53.0 Å². The molecule has 3 saturated carbocycles. The number of carboxylic acids is 1. The van der Waals surface area contributed by atoms with E-state index in [1.165, 1.54) is 64.2 Å². The second-order valence-corrected chi connectivity index (χ2v) is 12.5. The van der Waals surface area contributed by atoms with E-state index in [-0.39, 0.29) is 5.92 Å². The van der Waals surface area contributed by atoms with Gasteiger partial charge in [0.15, 0.2) is 0 Å². The van der Waals surface area contributed by atoms with E-state index in [9.17, 15) is 9.90 Å². The van der Waals surface area contributed by atoms with Crippen LogP contribution in [0.4, 0.5) is 0 Å². The molecule has 5 nitrogen and oxygen atoms in total. The summed E-state index contributed by atoms with van der Waals surface area (Å²) >= 11 is 0.